The van der Waals surface area contributed by atoms with Crippen LogP contribution in [0.4, 0.5) is 5.82 Å². The van der Waals surface area contributed by atoms with E-state index in [2.05, 4.69) is 10.4 Å². The molecule has 0 bridgehead atoms. The van der Waals surface area contributed by atoms with Crippen LogP contribution in [-0.4, -0.2) is 26.7 Å². The molecule has 1 aromatic rings. The minimum absolute atomic E-state index is 0.0763. The molecule has 0 saturated carbocycles. The van der Waals surface area contributed by atoms with Crippen molar-refractivity contribution in [2.45, 2.75) is 52.6 Å². The summed E-state index contributed by atoms with van der Waals surface area (Å²) >= 11 is 0. The second-order valence-corrected chi connectivity index (χ2v) is 4.59. The molecule has 0 saturated heterocycles. The summed E-state index contributed by atoms with van der Waals surface area (Å²) < 4.78 is 1.43. The van der Waals surface area contributed by atoms with Gasteiger partial charge in [-0.1, -0.05) is 13.8 Å². The van der Waals surface area contributed by atoms with Gasteiger partial charge in [0, 0.05) is 6.04 Å². The van der Waals surface area contributed by atoms with Gasteiger partial charge < -0.3 is 15.4 Å². The maximum atomic E-state index is 12.1. The Morgan fingerprint density at radius 2 is 2.16 bits per heavy atom. The number of aromatic nitrogens is 2. The maximum absolute atomic E-state index is 12.1. The molecule has 1 rings (SSSR count). The molecular weight excluding hydrogens is 248 g/mol. The van der Waals surface area contributed by atoms with Gasteiger partial charge in [0.15, 0.2) is 6.04 Å². The first-order chi connectivity index (χ1) is 8.90. The molecule has 7 nitrogen and oxygen atoms in total. The van der Waals surface area contributed by atoms with Gasteiger partial charge >= 0.3 is 5.82 Å². The predicted octanol–water partition coefficient (Wildman–Crippen LogP) is 1.97. The van der Waals surface area contributed by atoms with Gasteiger partial charge in [-0.25, -0.2) is 0 Å². The van der Waals surface area contributed by atoms with Gasteiger partial charge in [0.2, 0.25) is 5.91 Å². The predicted molar refractivity (Wildman–Crippen MR) is 70.8 cm³/mol. The number of amides is 1. The molecule has 1 amide bonds. The van der Waals surface area contributed by atoms with Gasteiger partial charge in [-0.2, -0.15) is 4.68 Å². The van der Waals surface area contributed by atoms with Gasteiger partial charge in [0.1, 0.15) is 0 Å². The Balaban J connectivity index is 2.96. The fourth-order valence-electron chi connectivity index (χ4n) is 1.79. The number of carbonyl (C=O) groups excluding carboxylic acids is 1. The van der Waals surface area contributed by atoms with Crippen LogP contribution in [0.5, 0.6) is 0 Å². The summed E-state index contributed by atoms with van der Waals surface area (Å²) in [6.07, 6.45) is 1.36. The highest BCUT2D eigenvalue weighted by Crippen LogP contribution is 2.19. The molecule has 1 aromatic heterocycles. The molecule has 1 heterocycles. The van der Waals surface area contributed by atoms with Crippen molar-refractivity contribution in [2.24, 2.45) is 0 Å². The van der Waals surface area contributed by atoms with E-state index < -0.39 is 11.0 Å². The molecule has 0 fully saturated rings. The number of nitrogens with zero attached hydrogens (tertiary/aromatic N) is 3. The molecule has 0 aliphatic heterocycles. The van der Waals surface area contributed by atoms with Crippen molar-refractivity contribution < 1.29 is 9.72 Å². The van der Waals surface area contributed by atoms with Crippen LogP contribution in [0.25, 0.3) is 0 Å². The fourth-order valence-corrected chi connectivity index (χ4v) is 1.79. The van der Waals surface area contributed by atoms with E-state index in [-0.39, 0.29) is 17.8 Å². The van der Waals surface area contributed by atoms with Crippen LogP contribution in [-0.2, 0) is 4.79 Å². The highest BCUT2D eigenvalue weighted by atomic mass is 16.6. The molecule has 2 unspecified atom stereocenters. The van der Waals surface area contributed by atoms with Gasteiger partial charge in [0.05, 0.1) is 16.9 Å². The third-order valence-corrected chi connectivity index (χ3v) is 3.08. The molecule has 0 radical (unpaired) electrons. The first-order valence-electron chi connectivity index (χ1n) is 6.41. The summed E-state index contributed by atoms with van der Waals surface area (Å²) in [6, 6.07) is 0.939. The zero-order valence-corrected chi connectivity index (χ0v) is 11.7. The number of hydrogen-bond acceptors (Lipinski definition) is 4. The monoisotopic (exact) mass is 268 g/mol. The lowest BCUT2D eigenvalue weighted by molar-refractivity contribution is -0.389. The number of nitrogens with one attached hydrogen (secondary N) is 1. The minimum atomic E-state index is -0.553. The Hall–Kier alpha value is -1.92. The van der Waals surface area contributed by atoms with Crippen molar-refractivity contribution in [1.82, 2.24) is 15.1 Å². The van der Waals surface area contributed by atoms with Crippen molar-refractivity contribution in [3.05, 3.63) is 21.9 Å². The number of rotatable bonds is 6. The van der Waals surface area contributed by atoms with Crippen LogP contribution in [0.3, 0.4) is 0 Å². The van der Waals surface area contributed by atoms with Gasteiger partial charge in [-0.05, 0) is 31.6 Å². The van der Waals surface area contributed by atoms with Crippen LogP contribution in [0, 0.1) is 17.0 Å². The zero-order valence-electron chi connectivity index (χ0n) is 11.7. The second kappa shape index (κ2) is 6.31. The summed E-state index contributed by atoms with van der Waals surface area (Å²) in [6.45, 7) is 7.46. The van der Waals surface area contributed by atoms with Crippen LogP contribution >= 0.6 is 0 Å². The molecule has 0 aromatic carbocycles. The summed E-state index contributed by atoms with van der Waals surface area (Å²) in [5, 5.41) is 17.5. The largest absolute Gasteiger partial charge is 0.390 e. The third kappa shape index (κ3) is 3.52. The van der Waals surface area contributed by atoms with E-state index >= 15 is 0 Å². The molecule has 106 valence electrons. The highest BCUT2D eigenvalue weighted by Gasteiger charge is 2.27. The number of aryl methyl sites for hydroxylation is 1. The van der Waals surface area contributed by atoms with E-state index in [1.807, 2.05) is 20.8 Å². The molecular formula is C12H20N4O3. The number of hydrogen-bond donors (Lipinski definition) is 1. The van der Waals surface area contributed by atoms with E-state index in [4.69, 9.17) is 0 Å². The zero-order chi connectivity index (χ0) is 14.6. The minimum Gasteiger partial charge on any atom is -0.358 e. The van der Waals surface area contributed by atoms with E-state index in [1.165, 1.54) is 10.7 Å². The molecule has 19 heavy (non-hydrogen) atoms. The van der Waals surface area contributed by atoms with E-state index in [9.17, 15) is 14.9 Å². The quantitative estimate of drug-likeness (QED) is 0.630. The van der Waals surface area contributed by atoms with Crippen molar-refractivity contribution in [1.29, 1.82) is 0 Å². The van der Waals surface area contributed by atoms with Crippen molar-refractivity contribution >= 4 is 11.7 Å². The Labute approximate surface area is 112 Å². The number of carbonyl (C=O) groups is 1. The SMILES string of the molecule is CCC(C)NC(=O)C(CC)n1nc([N+](=O)[O-])cc1C. The van der Waals surface area contributed by atoms with Crippen LogP contribution in [0.1, 0.15) is 45.3 Å². The molecule has 2 atom stereocenters. The van der Waals surface area contributed by atoms with Gasteiger partial charge in [-0.3, -0.25) is 4.79 Å². The lowest BCUT2D eigenvalue weighted by Crippen LogP contribution is -2.38. The molecule has 0 aliphatic carbocycles. The van der Waals surface area contributed by atoms with Crippen molar-refractivity contribution in [3.8, 4) is 0 Å². The van der Waals surface area contributed by atoms with Crippen LogP contribution in [0.15, 0.2) is 6.07 Å². The molecule has 0 aliphatic rings. The van der Waals surface area contributed by atoms with Crippen LogP contribution < -0.4 is 5.32 Å². The molecule has 7 heteroatoms. The standard InChI is InChI=1S/C12H20N4O3/c1-5-8(3)13-12(17)10(6-2)15-9(4)7-11(14-15)16(18)19/h7-8,10H,5-6H2,1-4H3,(H,13,17). The maximum Gasteiger partial charge on any atom is 0.390 e. The first-order valence-corrected chi connectivity index (χ1v) is 6.41. The fraction of sp³-hybridized carbons (Fsp3) is 0.667. The van der Waals surface area contributed by atoms with Crippen LogP contribution in [0.2, 0.25) is 0 Å². The van der Waals surface area contributed by atoms with Gasteiger partial charge in [-0.15, -0.1) is 0 Å². The Bertz CT molecular complexity index is 470. The average molecular weight is 268 g/mol. The first kappa shape index (κ1) is 15.1. The second-order valence-electron chi connectivity index (χ2n) is 4.59. The van der Waals surface area contributed by atoms with Crippen molar-refractivity contribution in [3.63, 3.8) is 0 Å². The number of nitro groups is 1. The summed E-state index contributed by atoms with van der Waals surface area (Å²) in [7, 11) is 0. The summed E-state index contributed by atoms with van der Waals surface area (Å²) in [5.74, 6) is -0.384. The van der Waals surface area contributed by atoms with Gasteiger partial charge in [0.25, 0.3) is 0 Å². The Morgan fingerprint density at radius 3 is 2.58 bits per heavy atom. The van der Waals surface area contributed by atoms with E-state index in [0.717, 1.165) is 6.42 Å². The van der Waals surface area contributed by atoms with E-state index in [0.29, 0.717) is 12.1 Å². The Kier molecular flexibility index (Phi) is 5.02. The molecule has 0 spiro atoms. The normalized spacial score (nSPS) is 13.9. The highest BCUT2D eigenvalue weighted by molar-refractivity contribution is 5.80. The summed E-state index contributed by atoms with van der Waals surface area (Å²) in [4.78, 5) is 22.3. The topological polar surface area (TPSA) is 90.1 Å². The average Bonchev–Trinajstić information content (AvgIpc) is 2.72. The Morgan fingerprint density at radius 1 is 1.53 bits per heavy atom. The molecule has 1 N–H and O–H groups in total. The lowest BCUT2D eigenvalue weighted by atomic mass is 10.2. The lowest BCUT2D eigenvalue weighted by Gasteiger charge is -2.17. The smallest absolute Gasteiger partial charge is 0.358 e. The third-order valence-electron chi connectivity index (χ3n) is 3.08. The van der Waals surface area contributed by atoms with E-state index in [1.54, 1.807) is 6.92 Å². The summed E-state index contributed by atoms with van der Waals surface area (Å²) in [5.41, 5.74) is 0.609. The van der Waals surface area contributed by atoms with Crippen molar-refractivity contribution in [2.75, 3.05) is 0 Å².